The van der Waals surface area contributed by atoms with Crippen molar-refractivity contribution in [1.29, 1.82) is 0 Å². The van der Waals surface area contributed by atoms with Crippen LogP contribution in [0.2, 0.25) is 4.34 Å². The normalized spacial score (nSPS) is 15.9. The van der Waals surface area contributed by atoms with Gasteiger partial charge in [0, 0.05) is 0 Å². The standard InChI is InChI=1S/C19H12ClF5N4O3S/c1-31-10-6-8(2-3-9(10)32-17(21)22)14-13(15(30)11-4-5-12(20)33-11)16(19(23,24)25)28-18-26-7-27-29(14)18/h2-7,14,17H,1H3,(H,26,27,28). The third-order valence-electron chi connectivity index (χ3n) is 4.64. The number of anilines is 1. The van der Waals surface area contributed by atoms with E-state index in [1.165, 1.54) is 31.4 Å². The van der Waals surface area contributed by atoms with Crippen LogP contribution in [0.25, 0.3) is 0 Å². The summed E-state index contributed by atoms with van der Waals surface area (Å²) in [4.78, 5) is 17.0. The Kier molecular flexibility index (Phi) is 6.01. The highest BCUT2D eigenvalue weighted by Gasteiger charge is 2.46. The second-order valence-electron chi connectivity index (χ2n) is 6.56. The summed E-state index contributed by atoms with van der Waals surface area (Å²) >= 11 is 6.69. The number of fused-ring (bicyclic) bond motifs is 1. The van der Waals surface area contributed by atoms with Crippen LogP contribution in [0.4, 0.5) is 27.9 Å². The molecule has 0 radical (unpaired) electrons. The number of benzene rings is 1. The van der Waals surface area contributed by atoms with Gasteiger partial charge >= 0.3 is 12.8 Å². The van der Waals surface area contributed by atoms with Gasteiger partial charge in [-0.3, -0.25) is 4.79 Å². The number of carbonyl (C=O) groups is 1. The number of allylic oxidation sites excluding steroid dienone is 2. The molecule has 174 valence electrons. The van der Waals surface area contributed by atoms with Crippen molar-refractivity contribution >= 4 is 34.7 Å². The summed E-state index contributed by atoms with van der Waals surface area (Å²) in [6.07, 6.45) is -3.94. The number of rotatable bonds is 6. The first kappa shape index (κ1) is 23.0. The molecule has 0 fully saturated rings. The maximum absolute atomic E-state index is 14.0. The van der Waals surface area contributed by atoms with Crippen molar-refractivity contribution in [3.63, 3.8) is 0 Å². The molecule has 0 amide bonds. The first-order valence-electron chi connectivity index (χ1n) is 9.00. The Bertz CT molecular complexity index is 1240. The molecule has 4 rings (SSSR count). The molecule has 1 N–H and O–H groups in total. The number of hydrogen-bond acceptors (Lipinski definition) is 7. The smallest absolute Gasteiger partial charge is 0.431 e. The highest BCUT2D eigenvalue weighted by atomic mass is 35.5. The molecular weight excluding hydrogens is 495 g/mol. The third-order valence-corrected chi connectivity index (χ3v) is 5.87. The van der Waals surface area contributed by atoms with Crippen LogP contribution in [0.15, 0.2) is 47.9 Å². The lowest BCUT2D eigenvalue weighted by atomic mass is 9.91. The molecule has 1 aliphatic rings. The fourth-order valence-corrected chi connectivity index (χ4v) is 4.35. The number of carbonyl (C=O) groups excluding carboxylic acids is 1. The quantitative estimate of drug-likeness (QED) is 0.360. The van der Waals surface area contributed by atoms with Gasteiger partial charge in [0.1, 0.15) is 18.1 Å². The summed E-state index contributed by atoms with van der Waals surface area (Å²) in [6.45, 7) is -3.15. The molecular formula is C19H12ClF5N4O3S. The van der Waals surface area contributed by atoms with Crippen molar-refractivity contribution in [3.8, 4) is 11.5 Å². The summed E-state index contributed by atoms with van der Waals surface area (Å²) in [7, 11) is 1.18. The molecule has 3 aromatic rings. The number of Topliss-reactive ketones (excluding diaryl/α,β-unsaturated/α-hetero) is 1. The van der Waals surface area contributed by atoms with Crippen molar-refractivity contribution in [2.75, 3.05) is 12.4 Å². The average molecular weight is 507 g/mol. The highest BCUT2D eigenvalue weighted by Crippen LogP contribution is 2.44. The zero-order chi connectivity index (χ0) is 23.9. The van der Waals surface area contributed by atoms with E-state index in [9.17, 15) is 26.7 Å². The summed E-state index contributed by atoms with van der Waals surface area (Å²) in [6, 6.07) is 4.83. The van der Waals surface area contributed by atoms with Crippen molar-refractivity contribution in [1.82, 2.24) is 14.8 Å². The molecule has 0 aliphatic carbocycles. The Labute approximate surface area is 191 Å². The number of alkyl halides is 5. The molecule has 1 atom stereocenters. The van der Waals surface area contributed by atoms with Crippen LogP contribution in [0.3, 0.4) is 0 Å². The summed E-state index contributed by atoms with van der Waals surface area (Å²) in [5, 5.41) is 6.09. The summed E-state index contributed by atoms with van der Waals surface area (Å²) < 4.78 is 78.2. The van der Waals surface area contributed by atoms with Gasteiger partial charge in [-0.05, 0) is 29.8 Å². The van der Waals surface area contributed by atoms with Crippen molar-refractivity contribution in [2.45, 2.75) is 18.8 Å². The molecule has 0 bridgehead atoms. The molecule has 14 heteroatoms. The highest BCUT2D eigenvalue weighted by molar-refractivity contribution is 7.18. The van der Waals surface area contributed by atoms with Gasteiger partial charge in [0.15, 0.2) is 11.5 Å². The van der Waals surface area contributed by atoms with Gasteiger partial charge in [0.25, 0.3) is 0 Å². The van der Waals surface area contributed by atoms with Gasteiger partial charge in [-0.15, -0.1) is 11.3 Å². The van der Waals surface area contributed by atoms with Crippen LogP contribution in [0.1, 0.15) is 21.3 Å². The van der Waals surface area contributed by atoms with E-state index in [1.807, 2.05) is 0 Å². The number of nitrogens with zero attached hydrogens (tertiary/aromatic N) is 3. The lowest BCUT2D eigenvalue weighted by molar-refractivity contribution is -0.0918. The van der Waals surface area contributed by atoms with Gasteiger partial charge in [-0.2, -0.15) is 32.0 Å². The van der Waals surface area contributed by atoms with E-state index in [0.717, 1.165) is 28.4 Å². The summed E-state index contributed by atoms with van der Waals surface area (Å²) in [5.74, 6) is -1.71. The van der Waals surface area contributed by atoms with E-state index >= 15 is 0 Å². The van der Waals surface area contributed by atoms with Crippen LogP contribution in [-0.2, 0) is 0 Å². The third kappa shape index (κ3) is 4.37. The van der Waals surface area contributed by atoms with Crippen molar-refractivity contribution in [3.05, 3.63) is 62.7 Å². The number of ketones is 1. The minimum Gasteiger partial charge on any atom is -0.493 e. The average Bonchev–Trinajstić information content (AvgIpc) is 3.40. The van der Waals surface area contributed by atoms with E-state index in [2.05, 4.69) is 20.1 Å². The Morgan fingerprint density at radius 3 is 2.61 bits per heavy atom. The van der Waals surface area contributed by atoms with Crippen molar-refractivity contribution in [2.24, 2.45) is 0 Å². The molecule has 0 saturated carbocycles. The Hall–Kier alpha value is -3.19. The predicted molar refractivity (Wildman–Crippen MR) is 108 cm³/mol. The number of ether oxygens (including phenoxy) is 2. The van der Waals surface area contributed by atoms with E-state index < -0.39 is 35.9 Å². The zero-order valence-corrected chi connectivity index (χ0v) is 17.9. The van der Waals surface area contributed by atoms with Gasteiger partial charge in [-0.1, -0.05) is 17.7 Å². The van der Waals surface area contributed by atoms with E-state index in [0.29, 0.717) is 0 Å². The second-order valence-corrected chi connectivity index (χ2v) is 8.28. The first-order chi connectivity index (χ1) is 15.6. The fraction of sp³-hybridized carbons (Fsp3) is 0.211. The second kappa shape index (κ2) is 8.63. The molecule has 1 aliphatic heterocycles. The number of hydrogen-bond donors (Lipinski definition) is 1. The van der Waals surface area contributed by atoms with Crippen LogP contribution in [-0.4, -0.2) is 40.4 Å². The van der Waals surface area contributed by atoms with Crippen molar-refractivity contribution < 1.29 is 36.2 Å². The number of methoxy groups -OCH3 is 1. The fourth-order valence-electron chi connectivity index (χ4n) is 3.35. The zero-order valence-electron chi connectivity index (χ0n) is 16.4. The molecule has 3 heterocycles. The van der Waals surface area contributed by atoms with Gasteiger partial charge in [0.05, 0.1) is 21.9 Å². The minimum absolute atomic E-state index is 0.0308. The van der Waals surface area contributed by atoms with E-state index in [4.69, 9.17) is 16.3 Å². The van der Waals surface area contributed by atoms with Gasteiger partial charge < -0.3 is 14.8 Å². The van der Waals surface area contributed by atoms with Gasteiger partial charge in [0.2, 0.25) is 11.7 Å². The number of halogens is 6. The Morgan fingerprint density at radius 2 is 2.00 bits per heavy atom. The number of nitrogens with one attached hydrogen (secondary N) is 1. The first-order valence-corrected chi connectivity index (χ1v) is 10.2. The molecule has 33 heavy (non-hydrogen) atoms. The predicted octanol–water partition coefficient (Wildman–Crippen LogP) is 5.32. The molecule has 2 aromatic heterocycles. The Morgan fingerprint density at radius 1 is 1.24 bits per heavy atom. The van der Waals surface area contributed by atoms with Crippen LogP contribution in [0, 0.1) is 0 Å². The van der Waals surface area contributed by atoms with E-state index in [-0.39, 0.29) is 32.2 Å². The maximum Gasteiger partial charge on any atom is 0.431 e. The SMILES string of the molecule is COc1cc(C2C(C(=O)c3ccc(Cl)s3)=C(C(F)(F)F)Nc3ncnn32)ccc1OC(F)F. The number of aromatic nitrogens is 3. The Balaban J connectivity index is 1.93. The summed E-state index contributed by atoms with van der Waals surface area (Å²) in [5.41, 5.74) is -1.91. The lowest BCUT2D eigenvalue weighted by Crippen LogP contribution is -2.35. The monoisotopic (exact) mass is 506 g/mol. The molecule has 1 unspecified atom stereocenters. The van der Waals surface area contributed by atoms with E-state index in [1.54, 1.807) is 0 Å². The lowest BCUT2D eigenvalue weighted by Gasteiger charge is -2.30. The van der Waals surface area contributed by atoms with Crippen LogP contribution >= 0.6 is 22.9 Å². The molecule has 0 saturated heterocycles. The minimum atomic E-state index is -4.95. The van der Waals surface area contributed by atoms with Crippen LogP contribution in [0.5, 0.6) is 11.5 Å². The molecule has 7 nitrogen and oxygen atoms in total. The molecule has 1 aromatic carbocycles. The van der Waals surface area contributed by atoms with Gasteiger partial charge in [-0.25, -0.2) is 4.68 Å². The number of thiophene rings is 1. The largest absolute Gasteiger partial charge is 0.493 e. The van der Waals surface area contributed by atoms with Crippen LogP contribution < -0.4 is 14.8 Å². The topological polar surface area (TPSA) is 78.3 Å². The molecule has 0 spiro atoms. The maximum atomic E-state index is 14.0.